The van der Waals surface area contributed by atoms with E-state index in [1.165, 1.54) is 43.1 Å². The van der Waals surface area contributed by atoms with Crippen molar-refractivity contribution >= 4 is 53.9 Å². The summed E-state index contributed by atoms with van der Waals surface area (Å²) in [7, 11) is 0. The number of rotatable bonds is 3. The normalized spacial score (nSPS) is 11.6. The maximum absolute atomic E-state index is 5.17. The van der Waals surface area contributed by atoms with Crippen molar-refractivity contribution in [2.45, 2.75) is 0 Å². The minimum Gasteiger partial charge on any atom is -0.208 e. The number of hydrogen-bond acceptors (Lipinski definition) is 3. The average molecular weight is 560 g/mol. The Balaban J connectivity index is 1.31. The molecule has 0 bridgehead atoms. The monoisotopic (exact) mass is 559 g/mol. The molecule has 44 heavy (non-hydrogen) atoms. The van der Waals surface area contributed by atoms with E-state index < -0.39 is 0 Å². The summed E-state index contributed by atoms with van der Waals surface area (Å²) in [5.41, 5.74) is 2.92. The molecule has 0 aliphatic heterocycles. The van der Waals surface area contributed by atoms with Crippen LogP contribution < -0.4 is 0 Å². The highest BCUT2D eigenvalue weighted by Crippen LogP contribution is 2.36. The van der Waals surface area contributed by atoms with E-state index in [2.05, 4.69) is 133 Å². The SMILES string of the molecule is c1ccc(-c2nc(-c3ccc4ccc5c6ccccc6ccc5c4c3)nc(-c3cc4ccccc4c4ccccc34)n2)cc1. The van der Waals surface area contributed by atoms with Gasteiger partial charge in [-0.2, -0.15) is 0 Å². The first-order valence-corrected chi connectivity index (χ1v) is 14.9. The Labute approximate surface area is 254 Å². The van der Waals surface area contributed by atoms with Gasteiger partial charge in [0.25, 0.3) is 0 Å². The summed E-state index contributed by atoms with van der Waals surface area (Å²) in [4.78, 5) is 15.3. The van der Waals surface area contributed by atoms with E-state index in [0.717, 1.165) is 27.5 Å². The molecule has 0 fully saturated rings. The molecule has 0 aliphatic rings. The Morgan fingerprint density at radius 2 is 0.773 bits per heavy atom. The second-order valence-electron chi connectivity index (χ2n) is 11.2. The van der Waals surface area contributed by atoms with Crippen LogP contribution in [0.1, 0.15) is 0 Å². The van der Waals surface area contributed by atoms with Crippen molar-refractivity contribution in [1.29, 1.82) is 0 Å². The third-order valence-electron chi connectivity index (χ3n) is 8.68. The van der Waals surface area contributed by atoms with Crippen LogP contribution in [0.2, 0.25) is 0 Å². The fourth-order valence-electron chi connectivity index (χ4n) is 6.54. The third kappa shape index (κ3) is 3.94. The van der Waals surface area contributed by atoms with Crippen molar-refractivity contribution in [2.24, 2.45) is 0 Å². The zero-order valence-corrected chi connectivity index (χ0v) is 23.8. The van der Waals surface area contributed by atoms with Gasteiger partial charge in [-0.15, -0.1) is 0 Å². The Morgan fingerprint density at radius 1 is 0.273 bits per heavy atom. The minimum atomic E-state index is 0.658. The molecule has 1 aromatic heterocycles. The summed E-state index contributed by atoms with van der Waals surface area (Å²) in [6.45, 7) is 0. The van der Waals surface area contributed by atoms with E-state index in [1.807, 2.05) is 18.2 Å². The van der Waals surface area contributed by atoms with Crippen LogP contribution in [-0.4, -0.2) is 15.0 Å². The van der Waals surface area contributed by atoms with Gasteiger partial charge in [0.05, 0.1) is 0 Å². The third-order valence-corrected chi connectivity index (χ3v) is 8.68. The summed E-state index contributed by atoms with van der Waals surface area (Å²) in [5.74, 6) is 1.98. The number of hydrogen-bond donors (Lipinski definition) is 0. The van der Waals surface area contributed by atoms with Crippen LogP contribution in [-0.2, 0) is 0 Å². The van der Waals surface area contributed by atoms with Crippen LogP contribution in [0.5, 0.6) is 0 Å². The average Bonchev–Trinajstić information content (AvgIpc) is 3.11. The molecule has 1 heterocycles. The maximum Gasteiger partial charge on any atom is 0.164 e. The van der Waals surface area contributed by atoms with Crippen LogP contribution in [0.15, 0.2) is 152 Å². The second-order valence-corrected chi connectivity index (χ2v) is 11.2. The van der Waals surface area contributed by atoms with Crippen molar-refractivity contribution in [3.8, 4) is 34.2 Å². The molecule has 9 aromatic rings. The van der Waals surface area contributed by atoms with Crippen LogP contribution in [0.4, 0.5) is 0 Å². The maximum atomic E-state index is 5.17. The van der Waals surface area contributed by atoms with E-state index >= 15 is 0 Å². The number of aromatic nitrogens is 3. The summed E-state index contributed by atoms with van der Waals surface area (Å²) in [6, 6.07) is 53.4. The topological polar surface area (TPSA) is 38.7 Å². The fourth-order valence-corrected chi connectivity index (χ4v) is 6.54. The molecule has 0 N–H and O–H groups in total. The van der Waals surface area contributed by atoms with Crippen molar-refractivity contribution < 1.29 is 0 Å². The highest BCUT2D eigenvalue weighted by molar-refractivity contribution is 6.18. The highest BCUT2D eigenvalue weighted by atomic mass is 15.0. The van der Waals surface area contributed by atoms with Gasteiger partial charge in [0.2, 0.25) is 0 Å². The van der Waals surface area contributed by atoms with Crippen LogP contribution in [0, 0.1) is 0 Å². The van der Waals surface area contributed by atoms with Crippen molar-refractivity contribution in [3.05, 3.63) is 152 Å². The smallest absolute Gasteiger partial charge is 0.164 e. The Bertz CT molecular complexity index is 2550. The molecule has 3 heteroatoms. The highest BCUT2D eigenvalue weighted by Gasteiger charge is 2.16. The first-order valence-electron chi connectivity index (χ1n) is 14.9. The van der Waals surface area contributed by atoms with Gasteiger partial charge in [-0.3, -0.25) is 0 Å². The van der Waals surface area contributed by atoms with Gasteiger partial charge in [-0.1, -0.05) is 140 Å². The Hall–Kier alpha value is -5.93. The fraction of sp³-hybridized carbons (Fsp3) is 0. The quantitative estimate of drug-likeness (QED) is 0.202. The molecule has 0 atom stereocenters. The van der Waals surface area contributed by atoms with Crippen LogP contribution in [0.25, 0.3) is 88.0 Å². The molecule has 3 nitrogen and oxygen atoms in total. The molecule has 204 valence electrons. The van der Waals surface area contributed by atoms with Crippen LogP contribution in [0.3, 0.4) is 0 Å². The summed E-state index contributed by atoms with van der Waals surface area (Å²) >= 11 is 0. The number of fused-ring (bicyclic) bond motifs is 8. The predicted molar refractivity (Wildman–Crippen MR) is 184 cm³/mol. The van der Waals surface area contributed by atoms with E-state index in [4.69, 9.17) is 15.0 Å². The van der Waals surface area contributed by atoms with Crippen molar-refractivity contribution in [2.75, 3.05) is 0 Å². The van der Waals surface area contributed by atoms with Crippen LogP contribution >= 0.6 is 0 Å². The molecule has 0 unspecified atom stereocenters. The van der Waals surface area contributed by atoms with E-state index in [1.54, 1.807) is 0 Å². The molecule has 0 saturated carbocycles. The Morgan fingerprint density at radius 3 is 1.55 bits per heavy atom. The van der Waals surface area contributed by atoms with Gasteiger partial charge in [0, 0.05) is 16.7 Å². The van der Waals surface area contributed by atoms with Gasteiger partial charge in [-0.05, 0) is 66.0 Å². The summed E-state index contributed by atoms with van der Waals surface area (Å²) < 4.78 is 0. The molecule has 0 saturated heterocycles. The lowest BCUT2D eigenvalue weighted by atomic mass is 9.95. The van der Waals surface area contributed by atoms with Gasteiger partial charge < -0.3 is 0 Å². The van der Waals surface area contributed by atoms with Gasteiger partial charge in [-0.25, -0.2) is 15.0 Å². The van der Waals surface area contributed by atoms with Crippen molar-refractivity contribution in [1.82, 2.24) is 15.0 Å². The second kappa shape index (κ2) is 9.82. The first-order chi connectivity index (χ1) is 21.8. The summed E-state index contributed by atoms with van der Waals surface area (Å²) in [6.07, 6.45) is 0. The van der Waals surface area contributed by atoms with E-state index in [0.29, 0.717) is 17.5 Å². The van der Waals surface area contributed by atoms with Gasteiger partial charge >= 0.3 is 0 Å². The Kier molecular flexibility index (Phi) is 5.50. The van der Waals surface area contributed by atoms with E-state index in [-0.39, 0.29) is 0 Å². The molecular weight excluding hydrogens is 534 g/mol. The predicted octanol–water partition coefficient (Wildman–Crippen LogP) is 10.6. The lowest BCUT2D eigenvalue weighted by Crippen LogP contribution is -2.00. The number of benzene rings is 8. The lowest BCUT2D eigenvalue weighted by Gasteiger charge is -2.13. The number of nitrogens with zero attached hydrogens (tertiary/aromatic N) is 3. The molecular formula is C41H25N3. The first kappa shape index (κ1) is 24.6. The zero-order chi connectivity index (χ0) is 29.0. The summed E-state index contributed by atoms with van der Waals surface area (Å²) in [5, 5.41) is 12.0. The molecule has 0 aliphatic carbocycles. The molecule has 0 spiro atoms. The lowest BCUT2D eigenvalue weighted by molar-refractivity contribution is 1.08. The zero-order valence-electron chi connectivity index (χ0n) is 23.8. The molecule has 0 amide bonds. The van der Waals surface area contributed by atoms with E-state index in [9.17, 15) is 0 Å². The van der Waals surface area contributed by atoms with Gasteiger partial charge in [0.1, 0.15) is 0 Å². The molecule has 0 radical (unpaired) electrons. The molecule has 8 aromatic carbocycles. The molecule has 9 rings (SSSR count). The standard InChI is InChI=1S/C41H25N3/c1-2-11-28(12-3-1)39-42-40(44-41(43-39)38-24-29-13-5-7-15-32(29)33-16-8-9-17-34(33)38)30-19-18-27-21-22-35-31-14-6-4-10-26(31)20-23-36(35)37(27)25-30/h1-25H. The largest absolute Gasteiger partial charge is 0.208 e. The van der Waals surface area contributed by atoms with Gasteiger partial charge in [0.15, 0.2) is 17.5 Å². The van der Waals surface area contributed by atoms with Crippen molar-refractivity contribution in [3.63, 3.8) is 0 Å². The minimum absolute atomic E-state index is 0.658.